The highest BCUT2D eigenvalue weighted by atomic mass is 19.2. The Balaban J connectivity index is 3.03. The second-order valence-electron chi connectivity index (χ2n) is 2.58. The highest BCUT2D eigenvalue weighted by molar-refractivity contribution is 5.40. The van der Waals surface area contributed by atoms with E-state index in [1.54, 1.807) is 13.8 Å². The summed E-state index contributed by atoms with van der Waals surface area (Å²) in [5.41, 5.74) is 0. The van der Waals surface area contributed by atoms with Gasteiger partial charge in [-0.25, -0.2) is 8.78 Å². The minimum absolute atomic E-state index is 0.230. The number of halogens is 2. The molecule has 0 aromatic heterocycles. The fourth-order valence-corrected chi connectivity index (χ4v) is 1.05. The lowest BCUT2D eigenvalue weighted by Crippen LogP contribution is -2.00. The summed E-state index contributed by atoms with van der Waals surface area (Å²) >= 11 is 0. The van der Waals surface area contributed by atoms with Crippen LogP contribution in [0.1, 0.15) is 13.8 Å². The molecular weight excluding hydrogens is 190 g/mol. The SMILES string of the molecule is CCOc1cc(F)c(F)cc1OCC. The van der Waals surface area contributed by atoms with Gasteiger partial charge in [-0.15, -0.1) is 0 Å². The first-order valence-corrected chi connectivity index (χ1v) is 4.43. The third-order valence-electron chi connectivity index (χ3n) is 1.59. The molecule has 0 aliphatic carbocycles. The predicted octanol–water partition coefficient (Wildman–Crippen LogP) is 2.76. The maximum Gasteiger partial charge on any atom is 0.164 e. The monoisotopic (exact) mass is 202 g/mol. The third-order valence-corrected chi connectivity index (χ3v) is 1.59. The van der Waals surface area contributed by atoms with Crippen LogP contribution in [0.15, 0.2) is 12.1 Å². The lowest BCUT2D eigenvalue weighted by molar-refractivity contribution is 0.283. The molecule has 0 amide bonds. The number of hydrogen-bond acceptors (Lipinski definition) is 2. The Labute approximate surface area is 81.4 Å². The maximum absolute atomic E-state index is 12.8. The van der Waals surface area contributed by atoms with Gasteiger partial charge >= 0.3 is 0 Å². The molecule has 2 nitrogen and oxygen atoms in total. The summed E-state index contributed by atoms with van der Waals surface area (Å²) in [6, 6.07) is 1.98. The minimum Gasteiger partial charge on any atom is -0.490 e. The molecule has 4 heteroatoms. The summed E-state index contributed by atoms with van der Waals surface area (Å²) in [5.74, 6) is -1.41. The van der Waals surface area contributed by atoms with Crippen LogP contribution in [0.3, 0.4) is 0 Å². The zero-order valence-corrected chi connectivity index (χ0v) is 8.14. The van der Waals surface area contributed by atoms with E-state index in [0.29, 0.717) is 13.2 Å². The van der Waals surface area contributed by atoms with E-state index < -0.39 is 11.6 Å². The molecule has 0 fully saturated rings. The van der Waals surface area contributed by atoms with Crippen LogP contribution in [0.2, 0.25) is 0 Å². The minimum atomic E-state index is -0.933. The van der Waals surface area contributed by atoms with Crippen molar-refractivity contribution in [3.63, 3.8) is 0 Å². The normalized spacial score (nSPS) is 10.0. The summed E-state index contributed by atoms with van der Waals surface area (Å²) in [7, 11) is 0. The Morgan fingerprint density at radius 1 is 0.929 bits per heavy atom. The molecule has 0 heterocycles. The lowest BCUT2D eigenvalue weighted by atomic mass is 10.3. The number of ether oxygens (including phenoxy) is 2. The van der Waals surface area contributed by atoms with E-state index in [-0.39, 0.29) is 11.5 Å². The van der Waals surface area contributed by atoms with Crippen molar-refractivity contribution in [3.05, 3.63) is 23.8 Å². The second-order valence-corrected chi connectivity index (χ2v) is 2.58. The van der Waals surface area contributed by atoms with Crippen molar-refractivity contribution in [1.29, 1.82) is 0 Å². The van der Waals surface area contributed by atoms with Crippen LogP contribution in [0.5, 0.6) is 11.5 Å². The van der Waals surface area contributed by atoms with Crippen molar-refractivity contribution < 1.29 is 18.3 Å². The molecule has 0 unspecified atom stereocenters. The van der Waals surface area contributed by atoms with Crippen LogP contribution in [0.25, 0.3) is 0 Å². The first-order valence-electron chi connectivity index (χ1n) is 4.43. The molecule has 78 valence electrons. The van der Waals surface area contributed by atoms with E-state index in [9.17, 15) is 8.78 Å². The molecule has 1 aromatic rings. The van der Waals surface area contributed by atoms with Crippen LogP contribution >= 0.6 is 0 Å². The Morgan fingerprint density at radius 2 is 1.29 bits per heavy atom. The van der Waals surface area contributed by atoms with Crippen LogP contribution in [0, 0.1) is 11.6 Å². The topological polar surface area (TPSA) is 18.5 Å². The van der Waals surface area contributed by atoms with E-state index in [2.05, 4.69) is 0 Å². The van der Waals surface area contributed by atoms with Gasteiger partial charge < -0.3 is 9.47 Å². The highest BCUT2D eigenvalue weighted by Crippen LogP contribution is 2.29. The molecule has 1 rings (SSSR count). The van der Waals surface area contributed by atoms with Gasteiger partial charge in [0.15, 0.2) is 23.1 Å². The molecule has 0 saturated heterocycles. The van der Waals surface area contributed by atoms with Crippen molar-refractivity contribution in [3.8, 4) is 11.5 Å². The van der Waals surface area contributed by atoms with Gasteiger partial charge in [-0.1, -0.05) is 0 Å². The molecule has 0 bridgehead atoms. The summed E-state index contributed by atoms with van der Waals surface area (Å²) in [4.78, 5) is 0. The first kappa shape index (κ1) is 10.8. The lowest BCUT2D eigenvalue weighted by Gasteiger charge is -2.10. The quantitative estimate of drug-likeness (QED) is 0.747. The molecule has 0 saturated carbocycles. The van der Waals surface area contributed by atoms with Crippen molar-refractivity contribution in [1.82, 2.24) is 0 Å². The fourth-order valence-electron chi connectivity index (χ4n) is 1.05. The van der Waals surface area contributed by atoms with Crippen LogP contribution in [-0.4, -0.2) is 13.2 Å². The number of hydrogen-bond donors (Lipinski definition) is 0. The van der Waals surface area contributed by atoms with Crippen LogP contribution in [-0.2, 0) is 0 Å². The molecule has 0 N–H and O–H groups in total. The van der Waals surface area contributed by atoms with E-state index in [0.717, 1.165) is 12.1 Å². The molecule has 0 spiro atoms. The van der Waals surface area contributed by atoms with Gasteiger partial charge in [0.25, 0.3) is 0 Å². The average Bonchev–Trinajstić information content (AvgIpc) is 2.14. The van der Waals surface area contributed by atoms with Gasteiger partial charge in [0.1, 0.15) is 0 Å². The van der Waals surface area contributed by atoms with Gasteiger partial charge in [0.2, 0.25) is 0 Å². The predicted molar refractivity (Wildman–Crippen MR) is 48.7 cm³/mol. The smallest absolute Gasteiger partial charge is 0.164 e. The zero-order chi connectivity index (χ0) is 10.6. The molecule has 0 aliphatic heterocycles. The number of rotatable bonds is 4. The summed E-state index contributed by atoms with van der Waals surface area (Å²) in [5, 5.41) is 0. The molecule has 0 radical (unpaired) electrons. The highest BCUT2D eigenvalue weighted by Gasteiger charge is 2.11. The third kappa shape index (κ3) is 2.34. The van der Waals surface area contributed by atoms with E-state index in [1.165, 1.54) is 0 Å². The number of benzene rings is 1. The first-order chi connectivity index (χ1) is 6.69. The van der Waals surface area contributed by atoms with E-state index in [1.807, 2.05) is 0 Å². The molecule has 0 aliphatic rings. The van der Waals surface area contributed by atoms with Gasteiger partial charge in [0, 0.05) is 12.1 Å². The Kier molecular flexibility index (Phi) is 3.68. The van der Waals surface area contributed by atoms with Gasteiger partial charge in [-0.05, 0) is 13.8 Å². The van der Waals surface area contributed by atoms with E-state index in [4.69, 9.17) is 9.47 Å². The maximum atomic E-state index is 12.8. The Hall–Kier alpha value is -1.32. The summed E-state index contributed by atoms with van der Waals surface area (Å²) in [6.45, 7) is 4.28. The Morgan fingerprint density at radius 3 is 1.57 bits per heavy atom. The fraction of sp³-hybridized carbons (Fsp3) is 0.400. The summed E-state index contributed by atoms with van der Waals surface area (Å²) < 4.78 is 35.8. The van der Waals surface area contributed by atoms with Crippen LogP contribution < -0.4 is 9.47 Å². The average molecular weight is 202 g/mol. The standard InChI is InChI=1S/C10H12F2O2/c1-3-13-9-5-7(11)8(12)6-10(9)14-4-2/h5-6H,3-4H2,1-2H3. The Bertz CT molecular complexity index is 282. The van der Waals surface area contributed by atoms with Crippen molar-refractivity contribution in [2.75, 3.05) is 13.2 Å². The van der Waals surface area contributed by atoms with Crippen molar-refractivity contribution >= 4 is 0 Å². The molecular formula is C10H12F2O2. The second kappa shape index (κ2) is 4.79. The largest absolute Gasteiger partial charge is 0.490 e. The van der Waals surface area contributed by atoms with Gasteiger partial charge in [-0.3, -0.25) is 0 Å². The van der Waals surface area contributed by atoms with E-state index >= 15 is 0 Å². The van der Waals surface area contributed by atoms with Crippen molar-refractivity contribution in [2.45, 2.75) is 13.8 Å². The molecule has 14 heavy (non-hydrogen) atoms. The van der Waals surface area contributed by atoms with Gasteiger partial charge in [-0.2, -0.15) is 0 Å². The summed E-state index contributed by atoms with van der Waals surface area (Å²) in [6.07, 6.45) is 0. The molecule has 0 atom stereocenters. The molecule has 1 aromatic carbocycles. The van der Waals surface area contributed by atoms with Crippen LogP contribution in [0.4, 0.5) is 8.78 Å². The van der Waals surface area contributed by atoms with Gasteiger partial charge in [0.05, 0.1) is 13.2 Å². The zero-order valence-electron chi connectivity index (χ0n) is 8.14. The van der Waals surface area contributed by atoms with Crippen molar-refractivity contribution in [2.24, 2.45) is 0 Å².